The highest BCUT2D eigenvalue weighted by atomic mass is 32.2. The zero-order valence-corrected chi connectivity index (χ0v) is 17.4. The molecule has 0 unspecified atom stereocenters. The third-order valence-electron chi connectivity index (χ3n) is 3.91. The Labute approximate surface area is 173 Å². The molecule has 7 nitrogen and oxygen atoms in total. The van der Waals surface area contributed by atoms with E-state index in [9.17, 15) is 13.2 Å². The van der Waals surface area contributed by atoms with Crippen LogP contribution in [-0.4, -0.2) is 25.9 Å². The van der Waals surface area contributed by atoms with Crippen molar-refractivity contribution in [2.75, 3.05) is 16.6 Å². The minimum Gasteiger partial charge on any atom is -0.494 e. The molecule has 2 aromatic carbocycles. The van der Waals surface area contributed by atoms with Gasteiger partial charge in [-0.25, -0.2) is 13.4 Å². The number of thiazole rings is 1. The summed E-state index contributed by atoms with van der Waals surface area (Å²) in [6.45, 7) is 2.43. The van der Waals surface area contributed by atoms with Gasteiger partial charge in [0.25, 0.3) is 10.0 Å². The van der Waals surface area contributed by atoms with E-state index in [0.717, 1.165) is 11.3 Å². The van der Waals surface area contributed by atoms with Crippen molar-refractivity contribution in [3.8, 4) is 5.75 Å². The summed E-state index contributed by atoms with van der Waals surface area (Å²) in [4.78, 5) is 16.1. The molecule has 0 spiro atoms. The van der Waals surface area contributed by atoms with Gasteiger partial charge in [-0.2, -0.15) is 0 Å². The molecule has 0 fully saturated rings. The predicted molar refractivity (Wildman–Crippen MR) is 114 cm³/mol. The van der Waals surface area contributed by atoms with Gasteiger partial charge in [0.1, 0.15) is 5.75 Å². The number of carbonyl (C=O) groups is 1. The molecule has 0 atom stereocenters. The predicted octanol–water partition coefficient (Wildman–Crippen LogP) is 4.05. The minimum atomic E-state index is -3.71. The van der Waals surface area contributed by atoms with Crippen molar-refractivity contribution in [1.29, 1.82) is 0 Å². The fraction of sp³-hybridized carbons (Fsp3) is 0.200. The number of nitrogens with one attached hydrogen (secondary N) is 2. The molecule has 0 saturated carbocycles. The third-order valence-corrected chi connectivity index (χ3v) is 6.08. The average Bonchev–Trinajstić information content (AvgIpc) is 3.18. The van der Waals surface area contributed by atoms with E-state index in [1.165, 1.54) is 29.7 Å². The number of sulfonamides is 1. The Morgan fingerprint density at radius 2 is 1.97 bits per heavy atom. The quantitative estimate of drug-likeness (QED) is 0.498. The second-order valence-electron chi connectivity index (χ2n) is 6.28. The van der Waals surface area contributed by atoms with E-state index in [-0.39, 0.29) is 10.8 Å². The number of hydrogen-bond donors (Lipinski definition) is 2. The molecule has 0 aliphatic carbocycles. The van der Waals surface area contributed by atoms with Crippen molar-refractivity contribution in [3.05, 3.63) is 65.7 Å². The molecule has 0 aliphatic rings. The normalized spacial score (nSPS) is 11.1. The molecule has 0 aliphatic heterocycles. The van der Waals surface area contributed by atoms with Crippen molar-refractivity contribution in [1.82, 2.24) is 4.98 Å². The summed E-state index contributed by atoms with van der Waals surface area (Å²) >= 11 is 1.20. The number of aryl methyl sites for hydroxylation is 1. The van der Waals surface area contributed by atoms with Crippen LogP contribution >= 0.6 is 11.3 Å². The number of carbonyl (C=O) groups excluding carboxylic acids is 1. The van der Waals surface area contributed by atoms with Gasteiger partial charge in [-0.1, -0.05) is 12.1 Å². The second kappa shape index (κ2) is 9.53. The van der Waals surface area contributed by atoms with Crippen molar-refractivity contribution < 1.29 is 17.9 Å². The summed E-state index contributed by atoms with van der Waals surface area (Å²) in [6.07, 6.45) is 2.40. The number of nitrogens with zero attached hydrogens (tertiary/aromatic N) is 1. The van der Waals surface area contributed by atoms with Crippen LogP contribution in [-0.2, 0) is 14.8 Å². The highest BCUT2D eigenvalue weighted by Gasteiger charge is 2.15. The number of hydrogen-bond acceptors (Lipinski definition) is 6. The topological polar surface area (TPSA) is 97.4 Å². The van der Waals surface area contributed by atoms with Crippen LogP contribution < -0.4 is 14.8 Å². The van der Waals surface area contributed by atoms with Crippen molar-refractivity contribution in [2.45, 2.75) is 24.7 Å². The molecule has 0 saturated heterocycles. The molecule has 1 aromatic heterocycles. The van der Waals surface area contributed by atoms with Crippen LogP contribution in [0.15, 0.2) is 65.0 Å². The van der Waals surface area contributed by atoms with E-state index < -0.39 is 10.0 Å². The minimum absolute atomic E-state index is 0.0947. The van der Waals surface area contributed by atoms with Gasteiger partial charge >= 0.3 is 0 Å². The zero-order valence-electron chi connectivity index (χ0n) is 15.8. The van der Waals surface area contributed by atoms with Crippen LogP contribution in [0.2, 0.25) is 0 Å². The Bertz CT molecular complexity index is 1050. The molecular formula is C20H21N3O4S2. The first-order valence-electron chi connectivity index (χ1n) is 8.94. The Hall–Kier alpha value is -2.91. The lowest BCUT2D eigenvalue weighted by Crippen LogP contribution is -2.14. The Morgan fingerprint density at radius 1 is 1.17 bits per heavy atom. The molecule has 3 rings (SSSR count). The monoisotopic (exact) mass is 431 g/mol. The summed E-state index contributed by atoms with van der Waals surface area (Å²) in [5.74, 6) is 0.628. The molecular weight excluding hydrogens is 410 g/mol. The molecule has 1 amide bonds. The van der Waals surface area contributed by atoms with E-state index in [4.69, 9.17) is 4.74 Å². The number of benzene rings is 2. The van der Waals surface area contributed by atoms with Crippen LogP contribution in [0.25, 0.3) is 0 Å². The van der Waals surface area contributed by atoms with Gasteiger partial charge in [-0.15, -0.1) is 11.3 Å². The number of ether oxygens (including phenoxy) is 1. The molecule has 9 heteroatoms. The summed E-state index contributed by atoms with van der Waals surface area (Å²) < 4.78 is 32.6. The second-order valence-corrected chi connectivity index (χ2v) is 8.86. The van der Waals surface area contributed by atoms with Crippen LogP contribution in [0.4, 0.5) is 10.8 Å². The zero-order chi connectivity index (χ0) is 20.7. The van der Waals surface area contributed by atoms with Crippen LogP contribution in [0.1, 0.15) is 18.4 Å². The average molecular weight is 432 g/mol. The molecule has 2 N–H and O–H groups in total. The number of amides is 1. The van der Waals surface area contributed by atoms with E-state index in [1.807, 2.05) is 31.2 Å². The largest absolute Gasteiger partial charge is 0.494 e. The maximum Gasteiger partial charge on any atom is 0.263 e. The molecule has 1 heterocycles. The summed E-state index contributed by atoms with van der Waals surface area (Å²) in [5.41, 5.74) is 1.65. The Balaban J connectivity index is 1.46. The smallest absolute Gasteiger partial charge is 0.263 e. The van der Waals surface area contributed by atoms with Crippen molar-refractivity contribution in [3.63, 3.8) is 0 Å². The number of aromatic nitrogens is 1. The molecule has 29 heavy (non-hydrogen) atoms. The Kier molecular flexibility index (Phi) is 6.84. The SMILES string of the molecule is Cc1cccc(OCCCC(=O)Nc2ccc(S(=O)(=O)Nc3nccs3)cc2)c1. The lowest BCUT2D eigenvalue weighted by molar-refractivity contribution is -0.116. The standard InChI is InChI=1S/C20H21N3O4S2/c1-15-4-2-5-17(14-15)27-12-3-6-19(24)22-16-7-9-18(10-8-16)29(25,26)23-20-21-11-13-28-20/h2,4-5,7-11,13-14H,3,6,12H2,1H3,(H,21,23)(H,22,24). The van der Waals surface area contributed by atoms with Crippen LogP contribution in [0, 0.1) is 6.92 Å². The van der Waals surface area contributed by atoms with Crippen LogP contribution in [0.3, 0.4) is 0 Å². The third kappa shape index (κ3) is 6.30. The van der Waals surface area contributed by atoms with E-state index in [2.05, 4.69) is 15.0 Å². The van der Waals surface area contributed by atoms with E-state index in [0.29, 0.717) is 30.3 Å². The van der Waals surface area contributed by atoms with Gasteiger partial charge in [-0.3, -0.25) is 9.52 Å². The summed E-state index contributed by atoms with van der Waals surface area (Å²) in [5, 5.41) is 4.74. The Morgan fingerprint density at radius 3 is 2.66 bits per heavy atom. The highest BCUT2D eigenvalue weighted by Crippen LogP contribution is 2.20. The van der Waals surface area contributed by atoms with Crippen LogP contribution in [0.5, 0.6) is 5.75 Å². The molecule has 0 bridgehead atoms. The first-order chi connectivity index (χ1) is 13.9. The fourth-order valence-electron chi connectivity index (χ4n) is 2.52. The van der Waals surface area contributed by atoms with Gasteiger partial charge in [0, 0.05) is 23.7 Å². The molecule has 0 radical (unpaired) electrons. The first kappa shape index (κ1) is 20.8. The maximum absolute atomic E-state index is 12.3. The van der Waals surface area contributed by atoms with Gasteiger partial charge in [-0.05, 0) is 55.3 Å². The fourth-order valence-corrected chi connectivity index (χ4v) is 4.31. The number of anilines is 2. The lowest BCUT2D eigenvalue weighted by atomic mass is 10.2. The lowest BCUT2D eigenvalue weighted by Gasteiger charge is -2.09. The van der Waals surface area contributed by atoms with Gasteiger partial charge in [0.15, 0.2) is 5.13 Å². The summed E-state index contributed by atoms with van der Waals surface area (Å²) in [6, 6.07) is 13.7. The highest BCUT2D eigenvalue weighted by molar-refractivity contribution is 7.93. The van der Waals surface area contributed by atoms with Crippen molar-refractivity contribution in [2.24, 2.45) is 0 Å². The molecule has 152 valence electrons. The summed E-state index contributed by atoms with van der Waals surface area (Å²) in [7, 11) is -3.71. The number of rotatable bonds is 9. The van der Waals surface area contributed by atoms with E-state index in [1.54, 1.807) is 17.5 Å². The first-order valence-corrected chi connectivity index (χ1v) is 11.3. The van der Waals surface area contributed by atoms with Crippen molar-refractivity contribution >= 4 is 38.1 Å². The van der Waals surface area contributed by atoms with Gasteiger partial charge in [0.2, 0.25) is 5.91 Å². The van der Waals surface area contributed by atoms with E-state index >= 15 is 0 Å². The maximum atomic E-state index is 12.3. The van der Waals surface area contributed by atoms with Gasteiger partial charge < -0.3 is 10.1 Å². The van der Waals surface area contributed by atoms with Gasteiger partial charge in [0.05, 0.1) is 11.5 Å². The molecule has 3 aromatic rings.